The molecule has 0 radical (unpaired) electrons. The molecule has 0 aliphatic carbocycles. The molecule has 0 spiro atoms. The summed E-state index contributed by atoms with van der Waals surface area (Å²) in [4.78, 5) is 25.1. The summed E-state index contributed by atoms with van der Waals surface area (Å²) in [5, 5.41) is 0.521. The molecule has 1 aliphatic rings. The lowest BCUT2D eigenvalue weighted by molar-refractivity contribution is 0.0734. The number of halogens is 2. The van der Waals surface area contributed by atoms with E-state index in [1.807, 2.05) is 12.1 Å². The van der Waals surface area contributed by atoms with E-state index in [-0.39, 0.29) is 11.5 Å². The van der Waals surface area contributed by atoms with Crippen LogP contribution in [0.1, 0.15) is 31.8 Å². The summed E-state index contributed by atoms with van der Waals surface area (Å²) < 4.78 is 12.1. The molecule has 0 unspecified atom stereocenters. The zero-order chi connectivity index (χ0) is 20.5. The molecule has 29 heavy (non-hydrogen) atoms. The fourth-order valence-corrected chi connectivity index (χ4v) is 3.48. The normalized spacial score (nSPS) is 13.9. The average Bonchev–Trinajstić information content (AvgIpc) is 3.00. The van der Waals surface area contributed by atoms with Gasteiger partial charge in [-0.25, -0.2) is 4.79 Å². The van der Waals surface area contributed by atoms with E-state index in [1.165, 1.54) is 0 Å². The maximum atomic E-state index is 12.8. The van der Waals surface area contributed by atoms with Gasteiger partial charge in [-0.3, -0.25) is 4.79 Å². The minimum absolute atomic E-state index is 0.174. The standard InChI is InChI=1S/C23H14BrClO4/c1-13-10-17(28-23(27)14-6-8-16(24)9-7-14)12-19-21(13)22(26)20(29-19)11-15-4-2-3-5-18(15)25/h2-12H,1H3/b20-11-. The number of hydrogen-bond acceptors (Lipinski definition) is 4. The van der Waals surface area contributed by atoms with E-state index in [2.05, 4.69) is 15.9 Å². The van der Waals surface area contributed by atoms with Crippen molar-refractivity contribution >= 4 is 45.4 Å². The summed E-state index contributed by atoms with van der Waals surface area (Å²) in [6.45, 7) is 1.77. The van der Waals surface area contributed by atoms with Crippen molar-refractivity contribution < 1.29 is 19.1 Å². The molecule has 0 saturated heterocycles. The number of hydrogen-bond donors (Lipinski definition) is 0. The van der Waals surface area contributed by atoms with Gasteiger partial charge in [0.2, 0.25) is 5.78 Å². The van der Waals surface area contributed by atoms with Crippen molar-refractivity contribution in [1.29, 1.82) is 0 Å². The van der Waals surface area contributed by atoms with Crippen molar-refractivity contribution in [3.8, 4) is 11.5 Å². The monoisotopic (exact) mass is 468 g/mol. The van der Waals surface area contributed by atoms with Gasteiger partial charge in [0, 0.05) is 15.6 Å². The van der Waals surface area contributed by atoms with Crippen LogP contribution < -0.4 is 9.47 Å². The maximum Gasteiger partial charge on any atom is 0.343 e. The number of rotatable bonds is 3. The summed E-state index contributed by atoms with van der Waals surface area (Å²) in [6, 6.07) is 17.2. The second-order valence-electron chi connectivity index (χ2n) is 6.47. The minimum atomic E-state index is -0.493. The van der Waals surface area contributed by atoms with Gasteiger partial charge in [-0.05, 0) is 60.5 Å². The molecule has 0 N–H and O–H groups in total. The highest BCUT2D eigenvalue weighted by molar-refractivity contribution is 9.10. The van der Waals surface area contributed by atoms with Crippen LogP contribution >= 0.6 is 27.5 Å². The largest absolute Gasteiger partial charge is 0.452 e. The molecule has 0 aromatic heterocycles. The second kappa shape index (κ2) is 7.85. The molecule has 1 heterocycles. The number of ketones is 1. The van der Waals surface area contributed by atoms with Crippen LogP contribution in [-0.4, -0.2) is 11.8 Å². The summed E-state index contributed by atoms with van der Waals surface area (Å²) in [5.74, 6) is 0.108. The van der Waals surface area contributed by atoms with Crippen molar-refractivity contribution in [2.24, 2.45) is 0 Å². The zero-order valence-electron chi connectivity index (χ0n) is 15.2. The predicted molar refractivity (Wildman–Crippen MR) is 115 cm³/mol. The van der Waals surface area contributed by atoms with Gasteiger partial charge in [0.1, 0.15) is 11.5 Å². The Balaban J connectivity index is 1.62. The molecule has 4 nitrogen and oxygen atoms in total. The third-order valence-corrected chi connectivity index (χ3v) is 5.30. The first kappa shape index (κ1) is 19.4. The Labute approximate surface area is 180 Å². The second-order valence-corrected chi connectivity index (χ2v) is 7.79. The SMILES string of the molecule is Cc1cc(OC(=O)c2ccc(Br)cc2)cc2c1C(=O)/C(=C/c1ccccc1Cl)O2. The minimum Gasteiger partial charge on any atom is -0.452 e. The Kier molecular flexibility index (Phi) is 5.26. The lowest BCUT2D eigenvalue weighted by Gasteiger charge is -2.08. The van der Waals surface area contributed by atoms with Crippen molar-refractivity contribution in [2.75, 3.05) is 0 Å². The van der Waals surface area contributed by atoms with Crippen molar-refractivity contribution in [3.05, 3.63) is 98.2 Å². The number of esters is 1. The number of fused-ring (bicyclic) bond motifs is 1. The van der Waals surface area contributed by atoms with Gasteiger partial charge >= 0.3 is 5.97 Å². The van der Waals surface area contributed by atoms with E-state index in [4.69, 9.17) is 21.1 Å². The van der Waals surface area contributed by atoms with Crippen LogP contribution in [0.15, 0.2) is 70.9 Å². The van der Waals surface area contributed by atoms with Crippen LogP contribution in [0.3, 0.4) is 0 Å². The van der Waals surface area contributed by atoms with Gasteiger partial charge < -0.3 is 9.47 Å². The molecule has 1 aliphatic heterocycles. The number of ether oxygens (including phenoxy) is 2. The third kappa shape index (κ3) is 3.97. The molecular weight excluding hydrogens is 456 g/mol. The van der Waals surface area contributed by atoms with E-state index in [0.717, 1.165) is 4.47 Å². The highest BCUT2D eigenvalue weighted by Crippen LogP contribution is 2.38. The van der Waals surface area contributed by atoms with E-state index >= 15 is 0 Å². The van der Waals surface area contributed by atoms with Crippen LogP contribution in [0.2, 0.25) is 5.02 Å². The Bertz CT molecular complexity index is 1170. The van der Waals surface area contributed by atoms with Gasteiger partial charge in [0.05, 0.1) is 11.1 Å². The first-order valence-electron chi connectivity index (χ1n) is 8.73. The highest BCUT2D eigenvalue weighted by Gasteiger charge is 2.30. The fraction of sp³-hybridized carbons (Fsp3) is 0.0435. The van der Waals surface area contributed by atoms with Crippen LogP contribution in [0, 0.1) is 6.92 Å². The summed E-state index contributed by atoms with van der Waals surface area (Å²) in [6.07, 6.45) is 1.61. The van der Waals surface area contributed by atoms with E-state index in [1.54, 1.807) is 61.5 Å². The number of Topliss-reactive ketones (excluding diaryl/α,β-unsaturated/α-hetero) is 1. The van der Waals surface area contributed by atoms with Gasteiger partial charge in [-0.1, -0.05) is 45.7 Å². The maximum absolute atomic E-state index is 12.8. The smallest absolute Gasteiger partial charge is 0.343 e. The summed E-state index contributed by atoms with van der Waals surface area (Å²) >= 11 is 9.50. The van der Waals surface area contributed by atoms with E-state index in [0.29, 0.717) is 38.8 Å². The van der Waals surface area contributed by atoms with Gasteiger partial charge in [-0.15, -0.1) is 0 Å². The molecule has 144 valence electrons. The van der Waals surface area contributed by atoms with Crippen molar-refractivity contribution in [3.63, 3.8) is 0 Å². The highest BCUT2D eigenvalue weighted by atomic mass is 79.9. The predicted octanol–water partition coefficient (Wildman–Crippen LogP) is 6.25. The third-order valence-electron chi connectivity index (χ3n) is 4.43. The topological polar surface area (TPSA) is 52.6 Å². The molecule has 0 saturated carbocycles. The van der Waals surface area contributed by atoms with Crippen LogP contribution in [0.4, 0.5) is 0 Å². The van der Waals surface area contributed by atoms with Gasteiger partial charge in [0.15, 0.2) is 5.76 Å². The molecule has 0 fully saturated rings. The summed E-state index contributed by atoms with van der Waals surface area (Å²) in [5.41, 5.74) is 2.22. The molecule has 4 rings (SSSR count). The molecule has 0 bridgehead atoms. The Morgan fingerprint density at radius 1 is 1.10 bits per heavy atom. The van der Waals surface area contributed by atoms with E-state index in [9.17, 15) is 9.59 Å². The van der Waals surface area contributed by atoms with Gasteiger partial charge in [0.25, 0.3) is 0 Å². The first-order chi connectivity index (χ1) is 13.9. The summed E-state index contributed by atoms with van der Waals surface area (Å²) in [7, 11) is 0. The number of carbonyl (C=O) groups excluding carboxylic acids is 2. The molecule has 3 aromatic rings. The Hall–Kier alpha value is -2.89. The number of carbonyl (C=O) groups is 2. The molecular formula is C23H14BrClO4. The lowest BCUT2D eigenvalue weighted by atomic mass is 10.0. The van der Waals surface area contributed by atoms with Crippen LogP contribution in [0.25, 0.3) is 6.08 Å². The molecule has 0 amide bonds. The molecule has 3 aromatic carbocycles. The lowest BCUT2D eigenvalue weighted by Crippen LogP contribution is -2.08. The van der Waals surface area contributed by atoms with Crippen LogP contribution in [-0.2, 0) is 0 Å². The Morgan fingerprint density at radius 2 is 1.83 bits per heavy atom. The van der Waals surface area contributed by atoms with E-state index < -0.39 is 5.97 Å². The quantitative estimate of drug-likeness (QED) is 0.259. The van der Waals surface area contributed by atoms with Gasteiger partial charge in [-0.2, -0.15) is 0 Å². The Morgan fingerprint density at radius 3 is 2.55 bits per heavy atom. The number of allylic oxidation sites excluding steroid dienone is 1. The average molecular weight is 470 g/mol. The number of benzene rings is 3. The first-order valence-corrected chi connectivity index (χ1v) is 9.90. The van der Waals surface area contributed by atoms with Crippen LogP contribution in [0.5, 0.6) is 11.5 Å². The molecule has 6 heteroatoms. The zero-order valence-corrected chi connectivity index (χ0v) is 17.6. The van der Waals surface area contributed by atoms with Crippen molar-refractivity contribution in [2.45, 2.75) is 6.92 Å². The molecule has 0 atom stereocenters. The fourth-order valence-electron chi connectivity index (χ4n) is 3.02. The van der Waals surface area contributed by atoms with Crippen molar-refractivity contribution in [1.82, 2.24) is 0 Å². The number of aryl methyl sites for hydroxylation is 1.